The summed E-state index contributed by atoms with van der Waals surface area (Å²) in [6.45, 7) is 0.804. The molecular formula is C14H21ClIN3O. The van der Waals surface area contributed by atoms with Gasteiger partial charge in [-0.25, -0.2) is 0 Å². The van der Waals surface area contributed by atoms with Crippen LogP contribution in [0.4, 0.5) is 0 Å². The van der Waals surface area contributed by atoms with E-state index >= 15 is 0 Å². The van der Waals surface area contributed by atoms with Gasteiger partial charge in [0, 0.05) is 24.7 Å². The first-order valence-electron chi connectivity index (χ1n) is 6.52. The van der Waals surface area contributed by atoms with Crippen molar-refractivity contribution in [3.63, 3.8) is 0 Å². The molecule has 2 rings (SSSR count). The second-order valence-electron chi connectivity index (χ2n) is 4.62. The molecule has 1 saturated carbocycles. The van der Waals surface area contributed by atoms with E-state index in [9.17, 15) is 0 Å². The van der Waals surface area contributed by atoms with Gasteiger partial charge in [-0.05, 0) is 37.0 Å². The standard InChI is InChI=1S/C14H20ClN3O.HI/c1-16-14(18-11-4-5-11)17-8-7-10-3-6-12(19-2)9-13(10)15;/h3,6,9,11H,4-5,7-8H2,1-2H3,(H2,16,17,18);1H. The monoisotopic (exact) mass is 409 g/mol. The normalized spacial score (nSPS) is 14.4. The summed E-state index contributed by atoms with van der Waals surface area (Å²) in [6, 6.07) is 6.38. The number of hydrogen-bond acceptors (Lipinski definition) is 2. The van der Waals surface area contributed by atoms with Crippen molar-refractivity contribution in [2.45, 2.75) is 25.3 Å². The van der Waals surface area contributed by atoms with Gasteiger partial charge in [-0.1, -0.05) is 17.7 Å². The van der Waals surface area contributed by atoms with Crippen molar-refractivity contribution in [2.75, 3.05) is 20.7 Å². The Morgan fingerprint density at radius 2 is 2.20 bits per heavy atom. The first-order chi connectivity index (χ1) is 9.22. The molecule has 0 bridgehead atoms. The van der Waals surface area contributed by atoms with Gasteiger partial charge in [-0.2, -0.15) is 0 Å². The number of ether oxygens (including phenoxy) is 1. The molecule has 0 unspecified atom stereocenters. The van der Waals surface area contributed by atoms with E-state index in [0.717, 1.165) is 35.3 Å². The molecule has 0 heterocycles. The molecule has 1 aliphatic rings. The zero-order chi connectivity index (χ0) is 13.7. The fourth-order valence-corrected chi connectivity index (χ4v) is 2.05. The number of benzene rings is 1. The minimum atomic E-state index is 0. The van der Waals surface area contributed by atoms with Gasteiger partial charge >= 0.3 is 0 Å². The van der Waals surface area contributed by atoms with Crippen molar-refractivity contribution in [1.29, 1.82) is 0 Å². The van der Waals surface area contributed by atoms with Crippen molar-refractivity contribution in [1.82, 2.24) is 10.6 Å². The van der Waals surface area contributed by atoms with Crippen LogP contribution in [-0.2, 0) is 6.42 Å². The third-order valence-electron chi connectivity index (χ3n) is 3.09. The molecule has 0 radical (unpaired) electrons. The maximum Gasteiger partial charge on any atom is 0.191 e. The summed E-state index contributed by atoms with van der Waals surface area (Å²) < 4.78 is 5.13. The zero-order valence-corrected chi connectivity index (χ0v) is 14.9. The van der Waals surface area contributed by atoms with Crippen LogP contribution in [0.5, 0.6) is 5.75 Å². The minimum absolute atomic E-state index is 0. The number of aliphatic imine (C=N–C) groups is 1. The predicted molar refractivity (Wildman–Crippen MR) is 94.6 cm³/mol. The van der Waals surface area contributed by atoms with E-state index in [4.69, 9.17) is 16.3 Å². The summed E-state index contributed by atoms with van der Waals surface area (Å²) in [5.41, 5.74) is 1.11. The van der Waals surface area contributed by atoms with Crippen LogP contribution < -0.4 is 15.4 Å². The molecule has 0 aromatic heterocycles. The number of rotatable bonds is 5. The van der Waals surface area contributed by atoms with Gasteiger partial charge in [0.1, 0.15) is 5.75 Å². The molecule has 6 heteroatoms. The lowest BCUT2D eigenvalue weighted by molar-refractivity contribution is 0.414. The predicted octanol–water partition coefficient (Wildman–Crippen LogP) is 2.84. The summed E-state index contributed by atoms with van der Waals surface area (Å²) in [7, 11) is 3.43. The number of methoxy groups -OCH3 is 1. The van der Waals surface area contributed by atoms with E-state index in [1.54, 1.807) is 14.2 Å². The Kier molecular flexibility index (Phi) is 7.43. The molecule has 0 spiro atoms. The van der Waals surface area contributed by atoms with Crippen LogP contribution in [0.3, 0.4) is 0 Å². The highest BCUT2D eigenvalue weighted by atomic mass is 127. The molecule has 2 N–H and O–H groups in total. The van der Waals surface area contributed by atoms with Crippen molar-refractivity contribution in [2.24, 2.45) is 4.99 Å². The molecule has 4 nitrogen and oxygen atoms in total. The largest absolute Gasteiger partial charge is 0.497 e. The van der Waals surface area contributed by atoms with Crippen LogP contribution in [0.25, 0.3) is 0 Å². The molecule has 20 heavy (non-hydrogen) atoms. The summed E-state index contributed by atoms with van der Waals surface area (Å²) in [4.78, 5) is 4.19. The second kappa shape index (κ2) is 8.56. The van der Waals surface area contributed by atoms with E-state index in [1.165, 1.54) is 12.8 Å². The lowest BCUT2D eigenvalue weighted by Gasteiger charge is -2.12. The van der Waals surface area contributed by atoms with Crippen molar-refractivity contribution in [3.05, 3.63) is 28.8 Å². The minimum Gasteiger partial charge on any atom is -0.497 e. The van der Waals surface area contributed by atoms with Crippen LogP contribution in [-0.4, -0.2) is 32.7 Å². The quantitative estimate of drug-likeness (QED) is 0.447. The number of halogens is 2. The Balaban J connectivity index is 0.00000200. The van der Waals surface area contributed by atoms with E-state index in [2.05, 4.69) is 15.6 Å². The van der Waals surface area contributed by atoms with Crippen LogP contribution in [0.15, 0.2) is 23.2 Å². The average Bonchev–Trinajstić information content (AvgIpc) is 3.23. The van der Waals surface area contributed by atoms with Gasteiger partial charge in [0.15, 0.2) is 5.96 Å². The van der Waals surface area contributed by atoms with Crippen molar-refractivity contribution >= 4 is 41.5 Å². The average molecular weight is 410 g/mol. The van der Waals surface area contributed by atoms with Gasteiger partial charge in [0.2, 0.25) is 0 Å². The maximum atomic E-state index is 6.20. The third-order valence-corrected chi connectivity index (χ3v) is 3.44. The third kappa shape index (κ3) is 5.36. The smallest absolute Gasteiger partial charge is 0.191 e. The van der Waals surface area contributed by atoms with E-state index in [-0.39, 0.29) is 24.0 Å². The van der Waals surface area contributed by atoms with Crippen LogP contribution >= 0.6 is 35.6 Å². The molecule has 1 aromatic carbocycles. The Labute approximate surface area is 142 Å². The molecule has 0 atom stereocenters. The Morgan fingerprint density at radius 3 is 2.75 bits per heavy atom. The Hall–Kier alpha value is -0.690. The van der Waals surface area contributed by atoms with Crippen LogP contribution in [0, 0.1) is 0 Å². The number of nitrogens with one attached hydrogen (secondary N) is 2. The summed E-state index contributed by atoms with van der Waals surface area (Å²) in [5.74, 6) is 1.65. The summed E-state index contributed by atoms with van der Waals surface area (Å²) in [6.07, 6.45) is 3.34. The van der Waals surface area contributed by atoms with Crippen molar-refractivity contribution in [3.8, 4) is 5.75 Å². The SMILES string of the molecule is CN=C(NCCc1ccc(OC)cc1Cl)NC1CC1.I. The van der Waals surface area contributed by atoms with Gasteiger partial charge in [0.25, 0.3) is 0 Å². The maximum absolute atomic E-state index is 6.20. The molecule has 1 aliphatic carbocycles. The summed E-state index contributed by atoms with van der Waals surface area (Å²) >= 11 is 6.20. The summed E-state index contributed by atoms with van der Waals surface area (Å²) in [5, 5.41) is 7.38. The van der Waals surface area contributed by atoms with Gasteiger partial charge in [0.05, 0.1) is 7.11 Å². The van der Waals surface area contributed by atoms with E-state index < -0.39 is 0 Å². The lowest BCUT2D eigenvalue weighted by atomic mass is 10.1. The molecule has 0 saturated heterocycles. The fourth-order valence-electron chi connectivity index (χ4n) is 1.79. The second-order valence-corrected chi connectivity index (χ2v) is 5.03. The van der Waals surface area contributed by atoms with Gasteiger partial charge < -0.3 is 15.4 Å². The number of nitrogens with zero attached hydrogens (tertiary/aromatic N) is 1. The molecule has 1 aromatic rings. The van der Waals surface area contributed by atoms with Gasteiger partial charge in [-0.3, -0.25) is 4.99 Å². The highest BCUT2D eigenvalue weighted by molar-refractivity contribution is 14.0. The molecule has 0 amide bonds. The first-order valence-corrected chi connectivity index (χ1v) is 6.90. The molecule has 1 fully saturated rings. The molecule has 112 valence electrons. The van der Waals surface area contributed by atoms with E-state index in [0.29, 0.717) is 6.04 Å². The Morgan fingerprint density at radius 1 is 1.45 bits per heavy atom. The highest BCUT2D eigenvalue weighted by Gasteiger charge is 2.21. The Bertz CT molecular complexity index is 464. The number of hydrogen-bond donors (Lipinski definition) is 2. The van der Waals surface area contributed by atoms with Crippen LogP contribution in [0.2, 0.25) is 5.02 Å². The zero-order valence-electron chi connectivity index (χ0n) is 11.8. The van der Waals surface area contributed by atoms with Gasteiger partial charge in [-0.15, -0.1) is 24.0 Å². The molecular weight excluding hydrogens is 389 g/mol. The van der Waals surface area contributed by atoms with Crippen molar-refractivity contribution < 1.29 is 4.74 Å². The molecule has 0 aliphatic heterocycles. The van der Waals surface area contributed by atoms with Crippen LogP contribution in [0.1, 0.15) is 18.4 Å². The first kappa shape index (κ1) is 17.4. The topological polar surface area (TPSA) is 45.7 Å². The van der Waals surface area contributed by atoms with E-state index in [1.807, 2.05) is 18.2 Å². The highest BCUT2D eigenvalue weighted by Crippen LogP contribution is 2.22. The number of guanidine groups is 1. The fraction of sp³-hybridized carbons (Fsp3) is 0.500. The lowest BCUT2D eigenvalue weighted by Crippen LogP contribution is -2.39.